The number of benzene rings is 1. The molecule has 74 valence electrons. The maximum atomic E-state index is 12.9. The second kappa shape index (κ2) is 4.00. The van der Waals surface area contributed by atoms with Gasteiger partial charge in [-0.15, -0.1) is 0 Å². The number of carboxylic acids is 1. The van der Waals surface area contributed by atoms with Crippen LogP contribution in [0.5, 0.6) is 0 Å². The van der Waals surface area contributed by atoms with E-state index in [1.807, 2.05) is 0 Å². The Morgan fingerprint density at radius 1 is 1.50 bits per heavy atom. The molecule has 0 amide bonds. The number of hydrogen-bond donors (Lipinski definition) is 1. The van der Waals surface area contributed by atoms with Gasteiger partial charge in [0.25, 0.3) is 0 Å². The summed E-state index contributed by atoms with van der Waals surface area (Å²) in [5, 5.41) is 8.23. The zero-order valence-corrected chi connectivity index (χ0v) is 7.42. The van der Waals surface area contributed by atoms with E-state index in [1.165, 1.54) is 12.1 Å². The van der Waals surface area contributed by atoms with Crippen molar-refractivity contribution in [1.82, 2.24) is 0 Å². The Bertz CT molecular complexity index is 397. The van der Waals surface area contributed by atoms with Gasteiger partial charge in [0.1, 0.15) is 5.82 Å². The van der Waals surface area contributed by atoms with Crippen molar-refractivity contribution in [3.8, 4) is 0 Å². The standard InChI is InChI=1S/C10H8F2O2/c1-6-2-3-7(4-8(6)11)5-9(12)10(13)14/h2-5H,1H3,(H,13,14). The van der Waals surface area contributed by atoms with Gasteiger partial charge in [0.05, 0.1) is 0 Å². The van der Waals surface area contributed by atoms with Crippen LogP contribution in [0.4, 0.5) is 8.78 Å². The van der Waals surface area contributed by atoms with E-state index < -0.39 is 17.6 Å². The Morgan fingerprint density at radius 3 is 2.64 bits per heavy atom. The van der Waals surface area contributed by atoms with Crippen LogP contribution in [0.3, 0.4) is 0 Å². The minimum Gasteiger partial charge on any atom is -0.476 e. The van der Waals surface area contributed by atoms with Crippen LogP contribution in [0.1, 0.15) is 11.1 Å². The molecule has 0 unspecified atom stereocenters. The number of hydrogen-bond acceptors (Lipinski definition) is 1. The fourth-order valence-electron chi connectivity index (χ4n) is 0.907. The molecule has 0 heterocycles. The summed E-state index contributed by atoms with van der Waals surface area (Å²) in [5.74, 6) is -3.46. The van der Waals surface area contributed by atoms with Crippen molar-refractivity contribution in [1.29, 1.82) is 0 Å². The third kappa shape index (κ3) is 2.39. The maximum absolute atomic E-state index is 12.9. The van der Waals surface area contributed by atoms with Gasteiger partial charge in [-0.05, 0) is 30.2 Å². The molecule has 4 heteroatoms. The van der Waals surface area contributed by atoms with Gasteiger partial charge in [-0.2, -0.15) is 4.39 Å². The highest BCUT2D eigenvalue weighted by molar-refractivity contribution is 5.89. The van der Waals surface area contributed by atoms with Crippen LogP contribution in [0, 0.1) is 12.7 Å². The first-order chi connectivity index (χ1) is 6.50. The second-order valence-electron chi connectivity index (χ2n) is 2.81. The van der Waals surface area contributed by atoms with Crippen molar-refractivity contribution in [2.24, 2.45) is 0 Å². The lowest BCUT2D eigenvalue weighted by Crippen LogP contribution is -1.94. The number of carboxylic acid groups (broad SMARTS) is 1. The number of aliphatic carboxylic acids is 1. The monoisotopic (exact) mass is 198 g/mol. The largest absolute Gasteiger partial charge is 0.476 e. The van der Waals surface area contributed by atoms with Gasteiger partial charge in [0, 0.05) is 0 Å². The van der Waals surface area contributed by atoms with E-state index in [0.717, 1.165) is 12.1 Å². The molecule has 0 spiro atoms. The van der Waals surface area contributed by atoms with E-state index in [1.54, 1.807) is 6.92 Å². The molecule has 14 heavy (non-hydrogen) atoms. The summed E-state index contributed by atoms with van der Waals surface area (Å²) in [6.45, 7) is 1.57. The predicted octanol–water partition coefficient (Wildman–Crippen LogP) is 2.53. The summed E-state index contributed by atoms with van der Waals surface area (Å²) in [7, 11) is 0. The Kier molecular flexibility index (Phi) is 2.96. The van der Waals surface area contributed by atoms with Gasteiger partial charge in [0.15, 0.2) is 0 Å². The molecule has 1 N–H and O–H groups in total. The third-order valence-electron chi connectivity index (χ3n) is 1.69. The molecule has 0 fully saturated rings. The molecule has 0 bridgehead atoms. The summed E-state index contributed by atoms with van der Waals surface area (Å²) in [6, 6.07) is 3.98. The van der Waals surface area contributed by atoms with Crippen LogP contribution < -0.4 is 0 Å². The number of rotatable bonds is 2. The van der Waals surface area contributed by atoms with Gasteiger partial charge >= 0.3 is 5.97 Å². The summed E-state index contributed by atoms with van der Waals surface area (Å²) >= 11 is 0. The summed E-state index contributed by atoms with van der Waals surface area (Å²) in [6.07, 6.45) is 0.769. The van der Waals surface area contributed by atoms with E-state index in [2.05, 4.69) is 0 Å². The summed E-state index contributed by atoms with van der Waals surface area (Å²) in [4.78, 5) is 10.1. The average Bonchev–Trinajstić information content (AvgIpc) is 2.11. The van der Waals surface area contributed by atoms with Crippen LogP contribution >= 0.6 is 0 Å². The second-order valence-corrected chi connectivity index (χ2v) is 2.81. The van der Waals surface area contributed by atoms with Crippen LogP contribution in [0.25, 0.3) is 6.08 Å². The summed E-state index contributed by atoms with van der Waals surface area (Å²) in [5.41, 5.74) is 0.617. The van der Waals surface area contributed by atoms with Gasteiger partial charge in [-0.25, -0.2) is 9.18 Å². The van der Waals surface area contributed by atoms with Crippen molar-refractivity contribution >= 4 is 12.0 Å². The predicted molar refractivity (Wildman–Crippen MR) is 47.9 cm³/mol. The fourth-order valence-corrected chi connectivity index (χ4v) is 0.907. The molecular weight excluding hydrogens is 190 g/mol. The zero-order chi connectivity index (χ0) is 10.7. The van der Waals surface area contributed by atoms with Crippen molar-refractivity contribution < 1.29 is 18.7 Å². The van der Waals surface area contributed by atoms with Crippen LogP contribution in [-0.4, -0.2) is 11.1 Å². The number of carbonyl (C=O) groups is 1. The van der Waals surface area contributed by atoms with E-state index in [4.69, 9.17) is 5.11 Å². The van der Waals surface area contributed by atoms with Gasteiger partial charge in [-0.1, -0.05) is 12.1 Å². The normalized spacial score (nSPS) is 11.5. The highest BCUT2D eigenvalue weighted by atomic mass is 19.1. The maximum Gasteiger partial charge on any atom is 0.364 e. The summed E-state index contributed by atoms with van der Waals surface area (Å²) < 4.78 is 25.5. The fraction of sp³-hybridized carbons (Fsp3) is 0.100. The molecule has 1 aromatic carbocycles. The quantitative estimate of drug-likeness (QED) is 0.741. The first kappa shape index (κ1) is 10.4. The lowest BCUT2D eigenvalue weighted by molar-refractivity contribution is -0.134. The SMILES string of the molecule is Cc1ccc(C=C(F)C(=O)O)cc1F. The molecule has 1 rings (SSSR count). The molecule has 0 aliphatic rings. The van der Waals surface area contributed by atoms with Gasteiger partial charge in [0.2, 0.25) is 5.83 Å². The molecule has 0 atom stereocenters. The molecule has 0 radical (unpaired) electrons. The Morgan fingerprint density at radius 2 is 2.14 bits per heavy atom. The molecule has 0 aliphatic heterocycles. The van der Waals surface area contributed by atoms with Gasteiger partial charge < -0.3 is 5.11 Å². The van der Waals surface area contributed by atoms with Crippen LogP contribution in [0.15, 0.2) is 24.0 Å². The molecule has 2 nitrogen and oxygen atoms in total. The Labute approximate surface area is 79.5 Å². The van der Waals surface area contributed by atoms with Gasteiger partial charge in [-0.3, -0.25) is 0 Å². The highest BCUT2D eigenvalue weighted by Gasteiger charge is 2.05. The lowest BCUT2D eigenvalue weighted by Gasteiger charge is -1.97. The molecular formula is C10H8F2O2. The van der Waals surface area contributed by atoms with Crippen LogP contribution in [-0.2, 0) is 4.79 Å². The van der Waals surface area contributed by atoms with E-state index in [9.17, 15) is 13.6 Å². The topological polar surface area (TPSA) is 37.3 Å². The van der Waals surface area contributed by atoms with E-state index in [0.29, 0.717) is 5.56 Å². The minimum atomic E-state index is -1.66. The first-order valence-corrected chi connectivity index (χ1v) is 3.87. The number of aryl methyl sites for hydroxylation is 1. The lowest BCUT2D eigenvalue weighted by atomic mass is 10.1. The van der Waals surface area contributed by atoms with E-state index in [-0.39, 0.29) is 5.56 Å². The first-order valence-electron chi connectivity index (χ1n) is 3.87. The van der Waals surface area contributed by atoms with Crippen molar-refractivity contribution in [2.45, 2.75) is 6.92 Å². The zero-order valence-electron chi connectivity index (χ0n) is 7.42. The van der Waals surface area contributed by atoms with E-state index >= 15 is 0 Å². The Hall–Kier alpha value is -1.71. The molecule has 0 saturated heterocycles. The van der Waals surface area contributed by atoms with Crippen LogP contribution in [0.2, 0.25) is 0 Å². The van der Waals surface area contributed by atoms with Crippen molar-refractivity contribution in [3.63, 3.8) is 0 Å². The molecule has 0 aromatic heterocycles. The Balaban J connectivity index is 3.04. The molecule has 1 aromatic rings. The average molecular weight is 198 g/mol. The smallest absolute Gasteiger partial charge is 0.364 e. The highest BCUT2D eigenvalue weighted by Crippen LogP contribution is 2.13. The van der Waals surface area contributed by atoms with Crippen molar-refractivity contribution in [3.05, 3.63) is 41.0 Å². The molecule has 0 saturated carbocycles. The minimum absolute atomic E-state index is 0.188. The molecule has 0 aliphatic carbocycles. The third-order valence-corrected chi connectivity index (χ3v) is 1.69. The van der Waals surface area contributed by atoms with Crippen molar-refractivity contribution in [2.75, 3.05) is 0 Å². The number of halogens is 2.